The van der Waals surface area contributed by atoms with Crippen LogP contribution in [0, 0.1) is 17.8 Å². The van der Waals surface area contributed by atoms with E-state index in [9.17, 15) is 33.6 Å². The third-order valence-corrected chi connectivity index (χ3v) is 10.2. The number of nitrogens with two attached hydrogens (primary N) is 5. The van der Waals surface area contributed by atoms with E-state index in [-0.39, 0.29) is 50.0 Å². The molecule has 338 valence electrons. The summed E-state index contributed by atoms with van der Waals surface area (Å²) < 4.78 is 0. The zero-order valence-electron chi connectivity index (χ0n) is 36.3. The first-order chi connectivity index (χ1) is 28.3. The second-order valence-electron chi connectivity index (χ2n) is 15.8. The van der Waals surface area contributed by atoms with Crippen molar-refractivity contribution in [3.63, 3.8) is 0 Å². The van der Waals surface area contributed by atoms with E-state index in [1.807, 2.05) is 33.8 Å². The highest BCUT2D eigenvalue weighted by molar-refractivity contribution is 5.96. The van der Waals surface area contributed by atoms with Crippen LogP contribution < -0.4 is 60.6 Å². The van der Waals surface area contributed by atoms with Crippen LogP contribution in [0.15, 0.2) is 35.3 Å². The fraction of sp³-hybridized carbons (Fsp3) is 0.659. The van der Waals surface area contributed by atoms with Crippen molar-refractivity contribution in [3.05, 3.63) is 35.9 Å². The molecule has 0 aliphatic carbocycles. The van der Waals surface area contributed by atoms with Crippen LogP contribution in [0.5, 0.6) is 0 Å². The molecule has 0 aromatic heterocycles. The van der Waals surface area contributed by atoms with Gasteiger partial charge in [0.2, 0.25) is 41.4 Å². The average Bonchev–Trinajstić information content (AvgIpc) is 3.20. The molecule has 0 bridgehead atoms. The smallest absolute Gasteiger partial charge is 0.243 e. The first-order valence-corrected chi connectivity index (χ1v) is 21.0. The van der Waals surface area contributed by atoms with Gasteiger partial charge in [0.05, 0.1) is 12.6 Å². The molecule has 60 heavy (non-hydrogen) atoms. The largest absolute Gasteiger partial charge is 0.370 e. The van der Waals surface area contributed by atoms with E-state index in [2.05, 4.69) is 36.9 Å². The summed E-state index contributed by atoms with van der Waals surface area (Å²) in [4.78, 5) is 96.9. The highest BCUT2D eigenvalue weighted by Gasteiger charge is 2.34. The maximum absolute atomic E-state index is 13.9. The molecule has 8 atom stereocenters. The molecule has 19 heteroatoms. The molecular formula is C41H72N12O7. The molecule has 0 aliphatic heterocycles. The molecule has 0 unspecified atom stereocenters. The van der Waals surface area contributed by atoms with Crippen LogP contribution in [-0.4, -0.2) is 103 Å². The predicted octanol–water partition coefficient (Wildman–Crippen LogP) is -1.10. The summed E-state index contributed by atoms with van der Waals surface area (Å²) in [6.45, 7) is 11.1. The van der Waals surface area contributed by atoms with Crippen LogP contribution in [-0.2, 0) is 40.0 Å². The number of guanidine groups is 1. The Kier molecular flexibility index (Phi) is 24.8. The number of amides is 7. The number of nitrogens with zero attached hydrogens (tertiary/aromatic N) is 1. The summed E-state index contributed by atoms with van der Waals surface area (Å²) in [5, 5.41) is 16.1. The van der Waals surface area contributed by atoms with E-state index in [0.717, 1.165) is 5.56 Å². The number of hydrogen-bond donors (Lipinski definition) is 11. The summed E-state index contributed by atoms with van der Waals surface area (Å²) >= 11 is 0. The first kappa shape index (κ1) is 52.7. The van der Waals surface area contributed by atoms with Crippen LogP contribution in [0.1, 0.15) is 98.5 Å². The fourth-order valence-corrected chi connectivity index (χ4v) is 6.16. The summed E-state index contributed by atoms with van der Waals surface area (Å²) in [6.07, 6.45) is 3.34. The van der Waals surface area contributed by atoms with Gasteiger partial charge >= 0.3 is 0 Å². The van der Waals surface area contributed by atoms with Crippen molar-refractivity contribution in [3.8, 4) is 0 Å². The summed E-state index contributed by atoms with van der Waals surface area (Å²) in [6, 6.07) is 2.83. The maximum Gasteiger partial charge on any atom is 0.243 e. The molecule has 19 nitrogen and oxygen atoms in total. The van der Waals surface area contributed by atoms with Crippen molar-refractivity contribution in [2.24, 2.45) is 51.4 Å². The molecule has 0 saturated carbocycles. The molecule has 1 aromatic carbocycles. The number of hydrogen-bond acceptors (Lipinski definition) is 10. The lowest BCUT2D eigenvalue weighted by molar-refractivity contribution is -0.135. The van der Waals surface area contributed by atoms with Crippen molar-refractivity contribution in [1.82, 2.24) is 31.9 Å². The van der Waals surface area contributed by atoms with Gasteiger partial charge in [0.1, 0.15) is 30.2 Å². The monoisotopic (exact) mass is 845 g/mol. The highest BCUT2D eigenvalue weighted by atomic mass is 16.2. The van der Waals surface area contributed by atoms with Crippen molar-refractivity contribution in [2.45, 2.75) is 136 Å². The molecule has 1 aromatic rings. The number of carbonyl (C=O) groups is 7. The molecular weight excluding hydrogens is 773 g/mol. The molecule has 1 rings (SSSR count). The van der Waals surface area contributed by atoms with Crippen LogP contribution in [0.2, 0.25) is 0 Å². The van der Waals surface area contributed by atoms with E-state index in [0.29, 0.717) is 38.6 Å². The number of primary amides is 1. The lowest BCUT2D eigenvalue weighted by Gasteiger charge is -2.29. The van der Waals surface area contributed by atoms with E-state index in [4.69, 9.17) is 28.7 Å². The van der Waals surface area contributed by atoms with Crippen molar-refractivity contribution in [2.75, 3.05) is 19.6 Å². The molecule has 0 heterocycles. The van der Waals surface area contributed by atoms with Crippen LogP contribution in [0.4, 0.5) is 0 Å². The first-order valence-electron chi connectivity index (χ1n) is 21.0. The van der Waals surface area contributed by atoms with Gasteiger partial charge in [-0.25, -0.2) is 0 Å². The van der Waals surface area contributed by atoms with Crippen LogP contribution in [0.3, 0.4) is 0 Å². The van der Waals surface area contributed by atoms with Crippen LogP contribution in [0.25, 0.3) is 0 Å². The average molecular weight is 845 g/mol. The fourth-order valence-electron chi connectivity index (χ4n) is 6.16. The zero-order valence-corrected chi connectivity index (χ0v) is 36.3. The van der Waals surface area contributed by atoms with Gasteiger partial charge in [0.15, 0.2) is 5.96 Å². The minimum absolute atomic E-state index is 0.0257. The van der Waals surface area contributed by atoms with E-state index in [1.165, 1.54) is 0 Å². The van der Waals surface area contributed by atoms with Crippen LogP contribution >= 0.6 is 0 Å². The van der Waals surface area contributed by atoms with Gasteiger partial charge in [-0.1, -0.05) is 84.7 Å². The Hall–Kier alpha value is -5.30. The van der Waals surface area contributed by atoms with Crippen molar-refractivity contribution < 1.29 is 33.6 Å². The van der Waals surface area contributed by atoms with Gasteiger partial charge in [-0.05, 0) is 68.4 Å². The van der Waals surface area contributed by atoms with Gasteiger partial charge in [0, 0.05) is 13.0 Å². The molecule has 16 N–H and O–H groups in total. The Balaban J connectivity index is 3.10. The van der Waals surface area contributed by atoms with Gasteiger partial charge in [0.25, 0.3) is 0 Å². The second-order valence-corrected chi connectivity index (χ2v) is 15.8. The Bertz CT molecular complexity index is 1560. The summed E-state index contributed by atoms with van der Waals surface area (Å²) in [5.74, 6) is -5.26. The molecule has 0 spiro atoms. The Morgan fingerprint density at radius 2 is 1.22 bits per heavy atom. The maximum atomic E-state index is 13.9. The zero-order chi connectivity index (χ0) is 45.4. The number of benzene rings is 1. The van der Waals surface area contributed by atoms with Gasteiger partial charge < -0.3 is 60.6 Å². The van der Waals surface area contributed by atoms with E-state index < -0.39 is 90.1 Å². The standard InChI is InChI=1S/C41H72N12O7/c1-7-25(5)33(39(59)48-23-32(54)49-31(21-24(3)4)38(58)51-30(35(44)55)22-27-15-10-9-11-16-27)53-37(57)29(18-12-13-19-42)50-40(60)34(26(6)8-2)52-36(56)28(43)17-14-20-47-41(45)46/h9-11,15-16,24-26,28-31,33-34H,7-8,12-14,17-23,42-43H2,1-6H3,(H2,44,55)(H,48,59)(H,49,54)(H,50,60)(H,51,58)(H,52,56)(H,53,57)(H4,45,46,47)/t25-,26-,28-,29-,30-,31-,33-,34-/m0/s1. The normalized spacial score (nSPS) is 15.1. The van der Waals surface area contributed by atoms with Crippen molar-refractivity contribution >= 4 is 47.3 Å². The number of nitrogens with one attached hydrogen (secondary N) is 6. The minimum atomic E-state index is -1.10. The summed E-state index contributed by atoms with van der Waals surface area (Å²) in [5.41, 5.74) is 28.9. The minimum Gasteiger partial charge on any atom is -0.370 e. The third kappa shape index (κ3) is 20.1. The van der Waals surface area contributed by atoms with E-state index in [1.54, 1.807) is 38.1 Å². The lowest BCUT2D eigenvalue weighted by atomic mass is 9.96. The Labute approximate surface area is 354 Å². The molecule has 0 saturated heterocycles. The topological polar surface area (TPSA) is 334 Å². The Morgan fingerprint density at radius 3 is 1.77 bits per heavy atom. The summed E-state index contributed by atoms with van der Waals surface area (Å²) in [7, 11) is 0. The van der Waals surface area contributed by atoms with Gasteiger partial charge in [-0.3, -0.25) is 38.6 Å². The predicted molar refractivity (Wildman–Crippen MR) is 231 cm³/mol. The Morgan fingerprint density at radius 1 is 0.650 bits per heavy atom. The number of carbonyl (C=O) groups excluding carboxylic acids is 7. The van der Waals surface area contributed by atoms with Crippen molar-refractivity contribution in [1.29, 1.82) is 0 Å². The number of rotatable bonds is 29. The number of aliphatic imine (C=N–C) groups is 1. The van der Waals surface area contributed by atoms with Gasteiger partial charge in [-0.2, -0.15) is 0 Å². The van der Waals surface area contributed by atoms with E-state index >= 15 is 0 Å². The molecule has 0 aliphatic rings. The second kappa shape index (κ2) is 28.2. The van der Waals surface area contributed by atoms with Gasteiger partial charge in [-0.15, -0.1) is 0 Å². The third-order valence-electron chi connectivity index (χ3n) is 10.2. The lowest BCUT2D eigenvalue weighted by Crippen LogP contribution is -2.60. The molecule has 7 amide bonds. The molecule has 0 fully saturated rings. The SMILES string of the molecule is CC[C@H](C)[C@H](NC(=O)[C@H](CCCCN)NC(=O)[C@@H](NC(=O)[C@@H](N)CCCN=C(N)N)[C@@H](C)CC)C(=O)NCC(=O)N[C@@H](CC(C)C)C(=O)N[C@@H](Cc1ccccc1)C(N)=O. The quantitative estimate of drug-likeness (QED) is 0.0261. The number of unbranched alkanes of at least 4 members (excludes halogenated alkanes) is 1. The highest BCUT2D eigenvalue weighted by Crippen LogP contribution is 2.13. The molecule has 0 radical (unpaired) electrons.